The summed E-state index contributed by atoms with van der Waals surface area (Å²) in [6, 6.07) is 3.28. The number of nitrogens with zero attached hydrogens (tertiary/aromatic N) is 1. The Kier molecular flexibility index (Phi) is 4.13. The Balaban J connectivity index is 1.98. The van der Waals surface area contributed by atoms with Crippen molar-refractivity contribution < 1.29 is 18.0 Å². The van der Waals surface area contributed by atoms with Crippen LogP contribution >= 0.6 is 27.3 Å². The fourth-order valence-corrected chi connectivity index (χ4v) is 3.03. The second kappa shape index (κ2) is 5.30. The van der Waals surface area contributed by atoms with Gasteiger partial charge < -0.3 is 0 Å². The second-order valence-electron chi connectivity index (χ2n) is 4.28. The summed E-state index contributed by atoms with van der Waals surface area (Å²) in [5.41, 5.74) is 0. The van der Waals surface area contributed by atoms with Crippen LogP contribution in [0.5, 0.6) is 0 Å². The van der Waals surface area contributed by atoms with Crippen LogP contribution in [0.25, 0.3) is 0 Å². The first-order chi connectivity index (χ1) is 8.35. The van der Waals surface area contributed by atoms with Crippen LogP contribution in [0, 0.1) is 0 Å². The van der Waals surface area contributed by atoms with E-state index in [0.717, 1.165) is 16.6 Å². The molecule has 1 aromatic rings. The molecule has 2 nitrogen and oxygen atoms in total. The largest absolute Gasteiger partial charge is 0.401 e. The fraction of sp³-hybridized carbons (Fsp3) is 0.545. The molecule has 0 atom stereocenters. The van der Waals surface area contributed by atoms with Gasteiger partial charge in [0.2, 0.25) is 0 Å². The van der Waals surface area contributed by atoms with Crippen LogP contribution in [0.2, 0.25) is 0 Å². The van der Waals surface area contributed by atoms with Crippen molar-refractivity contribution in [1.82, 2.24) is 4.90 Å². The molecule has 0 bridgehead atoms. The van der Waals surface area contributed by atoms with Gasteiger partial charge in [0.05, 0.1) is 21.8 Å². The third-order valence-electron chi connectivity index (χ3n) is 2.64. The molecule has 0 aliphatic heterocycles. The summed E-state index contributed by atoms with van der Waals surface area (Å²) in [6.07, 6.45) is -2.76. The van der Waals surface area contributed by atoms with Crippen LogP contribution in [0.3, 0.4) is 0 Å². The van der Waals surface area contributed by atoms with E-state index in [9.17, 15) is 18.0 Å². The van der Waals surface area contributed by atoms with Crippen molar-refractivity contribution in [2.24, 2.45) is 0 Å². The number of thiophene rings is 1. The number of Topliss-reactive ketones (excluding diaryl/α,β-unsaturated/α-hetero) is 1. The minimum absolute atomic E-state index is 0.0843. The number of halogens is 4. The van der Waals surface area contributed by atoms with E-state index in [4.69, 9.17) is 0 Å². The van der Waals surface area contributed by atoms with E-state index in [1.54, 1.807) is 12.1 Å². The van der Waals surface area contributed by atoms with Gasteiger partial charge in [-0.3, -0.25) is 9.69 Å². The maximum atomic E-state index is 12.4. The molecule has 0 N–H and O–H groups in total. The third kappa shape index (κ3) is 4.07. The molecule has 0 amide bonds. The number of carbonyl (C=O) groups excluding carboxylic acids is 1. The number of carbonyl (C=O) groups is 1. The number of alkyl halides is 3. The Morgan fingerprint density at radius 3 is 2.56 bits per heavy atom. The molecule has 1 heterocycles. The molecular formula is C11H11BrF3NOS. The molecule has 1 aliphatic carbocycles. The van der Waals surface area contributed by atoms with Crippen LogP contribution in [0.4, 0.5) is 13.2 Å². The van der Waals surface area contributed by atoms with Crippen molar-refractivity contribution in [3.05, 3.63) is 20.8 Å². The topological polar surface area (TPSA) is 20.3 Å². The molecule has 0 saturated heterocycles. The normalized spacial score (nSPS) is 16.3. The van der Waals surface area contributed by atoms with Crippen LogP contribution in [-0.4, -0.2) is 36.0 Å². The molecule has 1 fully saturated rings. The molecule has 0 unspecified atom stereocenters. The molecule has 1 aliphatic rings. The van der Waals surface area contributed by atoms with Gasteiger partial charge in [0.1, 0.15) is 0 Å². The predicted octanol–water partition coefficient (Wildman–Crippen LogP) is 3.72. The van der Waals surface area contributed by atoms with Gasteiger partial charge in [-0.25, -0.2) is 0 Å². The quantitative estimate of drug-likeness (QED) is 0.760. The minimum atomic E-state index is -4.25. The van der Waals surface area contributed by atoms with Crippen molar-refractivity contribution >= 4 is 33.0 Å². The monoisotopic (exact) mass is 341 g/mol. The van der Waals surface area contributed by atoms with Crippen molar-refractivity contribution in [1.29, 1.82) is 0 Å². The lowest BCUT2D eigenvalue weighted by atomic mass is 10.3. The Morgan fingerprint density at radius 2 is 2.11 bits per heavy atom. The number of ketones is 1. The van der Waals surface area contributed by atoms with Crippen molar-refractivity contribution in [3.8, 4) is 0 Å². The lowest BCUT2D eigenvalue weighted by Gasteiger charge is -2.22. The summed E-state index contributed by atoms with van der Waals surface area (Å²) >= 11 is 4.48. The van der Waals surface area contributed by atoms with E-state index in [2.05, 4.69) is 15.9 Å². The average Bonchev–Trinajstić information content (AvgIpc) is 2.98. The van der Waals surface area contributed by atoms with Gasteiger partial charge in [0.15, 0.2) is 5.78 Å². The van der Waals surface area contributed by atoms with Gasteiger partial charge in [0, 0.05) is 6.04 Å². The average molecular weight is 342 g/mol. The maximum Gasteiger partial charge on any atom is 0.401 e. The Morgan fingerprint density at radius 1 is 1.44 bits per heavy atom. The van der Waals surface area contributed by atoms with Gasteiger partial charge in [-0.1, -0.05) is 0 Å². The van der Waals surface area contributed by atoms with E-state index in [-0.39, 0.29) is 18.4 Å². The molecule has 18 heavy (non-hydrogen) atoms. The molecule has 0 radical (unpaired) electrons. The summed E-state index contributed by atoms with van der Waals surface area (Å²) in [5, 5.41) is 0. The molecule has 0 spiro atoms. The minimum Gasteiger partial charge on any atom is -0.292 e. The molecule has 7 heteroatoms. The van der Waals surface area contributed by atoms with Crippen molar-refractivity contribution in [3.63, 3.8) is 0 Å². The van der Waals surface area contributed by atoms with Gasteiger partial charge in [-0.2, -0.15) is 13.2 Å². The van der Waals surface area contributed by atoms with Gasteiger partial charge >= 0.3 is 6.18 Å². The van der Waals surface area contributed by atoms with Crippen LogP contribution < -0.4 is 0 Å². The van der Waals surface area contributed by atoms with E-state index in [0.29, 0.717) is 4.88 Å². The summed E-state index contributed by atoms with van der Waals surface area (Å²) in [7, 11) is 0. The smallest absolute Gasteiger partial charge is 0.292 e. The lowest BCUT2D eigenvalue weighted by Crippen LogP contribution is -2.39. The highest BCUT2D eigenvalue weighted by Crippen LogP contribution is 2.31. The van der Waals surface area contributed by atoms with Crippen molar-refractivity contribution in [2.75, 3.05) is 13.1 Å². The molecule has 1 saturated carbocycles. The molecular weight excluding hydrogens is 331 g/mol. The zero-order chi connectivity index (χ0) is 13.3. The van der Waals surface area contributed by atoms with E-state index in [1.165, 1.54) is 16.2 Å². The fourth-order valence-electron chi connectivity index (χ4n) is 1.71. The highest BCUT2D eigenvalue weighted by Gasteiger charge is 2.38. The van der Waals surface area contributed by atoms with Gasteiger partial charge in [0.25, 0.3) is 0 Å². The molecule has 0 aromatic carbocycles. The van der Waals surface area contributed by atoms with Crippen LogP contribution in [0.1, 0.15) is 22.5 Å². The summed E-state index contributed by atoms with van der Waals surface area (Å²) in [4.78, 5) is 13.6. The Bertz CT molecular complexity index is 442. The standard InChI is InChI=1S/C11H11BrF3NOS/c12-10-4-3-9(18-10)8(17)5-16(7-1-2-7)6-11(13,14)15/h3-4,7H,1-2,5-6H2. The van der Waals surface area contributed by atoms with E-state index >= 15 is 0 Å². The van der Waals surface area contributed by atoms with E-state index in [1.807, 2.05) is 0 Å². The highest BCUT2D eigenvalue weighted by atomic mass is 79.9. The first-order valence-corrected chi connectivity index (χ1v) is 7.05. The van der Waals surface area contributed by atoms with Crippen molar-refractivity contribution in [2.45, 2.75) is 25.1 Å². The number of hydrogen-bond donors (Lipinski definition) is 0. The van der Waals surface area contributed by atoms with Crippen LogP contribution in [-0.2, 0) is 0 Å². The zero-order valence-electron chi connectivity index (χ0n) is 9.34. The summed E-state index contributed by atoms with van der Waals surface area (Å²) < 4.78 is 38.0. The first-order valence-electron chi connectivity index (χ1n) is 5.44. The number of hydrogen-bond acceptors (Lipinski definition) is 3. The third-order valence-corrected chi connectivity index (χ3v) is 4.31. The predicted molar refractivity (Wildman–Crippen MR) is 67.0 cm³/mol. The summed E-state index contributed by atoms with van der Waals surface area (Å²) in [5.74, 6) is -0.248. The van der Waals surface area contributed by atoms with Gasteiger partial charge in [-0.05, 0) is 40.9 Å². The van der Waals surface area contributed by atoms with E-state index < -0.39 is 12.7 Å². The maximum absolute atomic E-state index is 12.4. The zero-order valence-corrected chi connectivity index (χ0v) is 11.7. The highest BCUT2D eigenvalue weighted by molar-refractivity contribution is 9.11. The Labute approximate surface area is 115 Å². The molecule has 100 valence electrons. The SMILES string of the molecule is O=C(CN(CC(F)(F)F)C1CC1)c1ccc(Br)s1. The second-order valence-corrected chi connectivity index (χ2v) is 6.74. The molecule has 1 aromatic heterocycles. The first kappa shape index (κ1) is 14.0. The Hall–Kier alpha value is -0.400. The summed E-state index contributed by atoms with van der Waals surface area (Å²) in [6.45, 7) is -1.16. The molecule has 2 rings (SSSR count). The number of rotatable bonds is 5. The van der Waals surface area contributed by atoms with Crippen LogP contribution in [0.15, 0.2) is 15.9 Å². The van der Waals surface area contributed by atoms with Gasteiger partial charge in [-0.15, -0.1) is 11.3 Å². The lowest BCUT2D eigenvalue weighted by molar-refractivity contribution is -0.145.